The number of aliphatic hydroxyl groups excluding tert-OH is 1. The van der Waals surface area contributed by atoms with Gasteiger partial charge in [0, 0.05) is 12.6 Å². The quantitative estimate of drug-likeness (QED) is 0.734. The van der Waals surface area contributed by atoms with Crippen LogP contribution in [0, 0.1) is 12.3 Å². The minimum atomic E-state index is -0.455. The maximum Gasteiger partial charge on any atom is 0.128 e. The molecule has 0 amide bonds. The number of nitrogens with one attached hydrogen (secondary N) is 1. The number of rotatable bonds is 6. The molecule has 2 aliphatic rings. The third-order valence-electron chi connectivity index (χ3n) is 4.72. The van der Waals surface area contributed by atoms with Gasteiger partial charge in [0.15, 0.2) is 0 Å². The summed E-state index contributed by atoms with van der Waals surface area (Å²) in [5.41, 5.74) is -0.413. The number of aliphatic hydroxyl groups is 1. The number of terminal acetylenes is 1. The standard InChI is InChI=1S/C17H29NO2/c1-2-17(11-7-4-8-12-17)20-14-16(19)13-18-15-9-5-3-6-10-15/h1,15-16,18-19H,3-14H2/t16-/m1/s1. The van der Waals surface area contributed by atoms with E-state index < -0.39 is 11.7 Å². The molecule has 2 N–H and O–H groups in total. The minimum Gasteiger partial charge on any atom is -0.389 e. The van der Waals surface area contributed by atoms with Crippen LogP contribution < -0.4 is 5.32 Å². The van der Waals surface area contributed by atoms with Crippen LogP contribution in [-0.4, -0.2) is 36.0 Å². The Labute approximate surface area is 123 Å². The van der Waals surface area contributed by atoms with Crippen LogP contribution >= 0.6 is 0 Å². The topological polar surface area (TPSA) is 41.5 Å². The molecule has 0 aromatic rings. The first-order valence-corrected chi connectivity index (χ1v) is 8.27. The van der Waals surface area contributed by atoms with Crippen molar-refractivity contribution in [3.8, 4) is 12.3 Å². The predicted octanol–water partition coefficient (Wildman–Crippen LogP) is 2.62. The molecule has 0 radical (unpaired) electrons. The highest BCUT2D eigenvalue weighted by atomic mass is 16.5. The number of ether oxygens (including phenoxy) is 1. The zero-order chi connectivity index (χ0) is 14.3. The van der Waals surface area contributed by atoms with Crippen LogP contribution in [0.15, 0.2) is 0 Å². The zero-order valence-corrected chi connectivity index (χ0v) is 12.6. The van der Waals surface area contributed by atoms with E-state index in [-0.39, 0.29) is 0 Å². The van der Waals surface area contributed by atoms with Crippen molar-refractivity contribution in [1.29, 1.82) is 0 Å². The van der Waals surface area contributed by atoms with Crippen molar-refractivity contribution in [2.75, 3.05) is 13.2 Å². The van der Waals surface area contributed by atoms with Gasteiger partial charge in [0.2, 0.25) is 0 Å². The molecule has 0 spiro atoms. The Morgan fingerprint density at radius 1 is 1.15 bits per heavy atom. The highest BCUT2D eigenvalue weighted by Gasteiger charge is 2.31. The van der Waals surface area contributed by atoms with Crippen LogP contribution in [0.3, 0.4) is 0 Å². The summed E-state index contributed by atoms with van der Waals surface area (Å²) in [6, 6.07) is 0.578. The van der Waals surface area contributed by atoms with Gasteiger partial charge in [-0.3, -0.25) is 0 Å². The molecule has 0 saturated heterocycles. The average molecular weight is 279 g/mol. The maximum absolute atomic E-state index is 10.1. The first-order chi connectivity index (χ1) is 9.74. The van der Waals surface area contributed by atoms with E-state index >= 15 is 0 Å². The van der Waals surface area contributed by atoms with E-state index in [4.69, 9.17) is 11.2 Å². The molecular formula is C17H29NO2. The van der Waals surface area contributed by atoms with Gasteiger partial charge in [-0.2, -0.15) is 0 Å². The van der Waals surface area contributed by atoms with Gasteiger partial charge in [0.05, 0.1) is 12.7 Å². The van der Waals surface area contributed by atoms with Crippen LogP contribution in [0.2, 0.25) is 0 Å². The Morgan fingerprint density at radius 3 is 2.45 bits per heavy atom. The van der Waals surface area contributed by atoms with Gasteiger partial charge in [0.1, 0.15) is 5.60 Å². The van der Waals surface area contributed by atoms with E-state index in [0.717, 1.165) is 25.7 Å². The molecule has 2 rings (SSSR count). The van der Waals surface area contributed by atoms with Crippen molar-refractivity contribution in [3.05, 3.63) is 0 Å². The van der Waals surface area contributed by atoms with E-state index in [1.807, 2.05) is 0 Å². The third kappa shape index (κ3) is 4.77. The Balaban J connectivity index is 1.66. The molecule has 3 nitrogen and oxygen atoms in total. The summed E-state index contributed by atoms with van der Waals surface area (Å²) in [6.45, 7) is 0.967. The molecule has 2 aliphatic carbocycles. The fraction of sp³-hybridized carbons (Fsp3) is 0.882. The monoisotopic (exact) mass is 279 g/mol. The van der Waals surface area contributed by atoms with E-state index in [1.54, 1.807) is 0 Å². The molecule has 2 saturated carbocycles. The summed E-state index contributed by atoms with van der Waals surface area (Å²) in [4.78, 5) is 0. The highest BCUT2D eigenvalue weighted by molar-refractivity contribution is 5.09. The van der Waals surface area contributed by atoms with E-state index in [2.05, 4.69) is 11.2 Å². The molecule has 0 bridgehead atoms. The summed E-state index contributed by atoms with van der Waals surface area (Å²) in [5.74, 6) is 2.82. The van der Waals surface area contributed by atoms with Gasteiger partial charge in [-0.1, -0.05) is 31.6 Å². The summed E-state index contributed by atoms with van der Waals surface area (Å²) in [5, 5.41) is 13.5. The lowest BCUT2D eigenvalue weighted by Gasteiger charge is -2.33. The molecule has 0 heterocycles. The van der Waals surface area contributed by atoms with Gasteiger partial charge in [0.25, 0.3) is 0 Å². The van der Waals surface area contributed by atoms with Crippen molar-refractivity contribution in [2.24, 2.45) is 0 Å². The fourth-order valence-electron chi connectivity index (χ4n) is 3.38. The summed E-state index contributed by atoms with van der Waals surface area (Å²) in [6.07, 6.45) is 17.0. The normalized spacial score (nSPS) is 25.0. The molecule has 0 unspecified atom stereocenters. The molecule has 2 fully saturated rings. The second kappa shape index (κ2) is 8.02. The van der Waals surface area contributed by atoms with Gasteiger partial charge in [-0.15, -0.1) is 6.42 Å². The van der Waals surface area contributed by atoms with Crippen LogP contribution in [0.25, 0.3) is 0 Å². The Hall–Kier alpha value is -0.560. The van der Waals surface area contributed by atoms with Crippen molar-refractivity contribution in [2.45, 2.75) is 82.0 Å². The van der Waals surface area contributed by atoms with E-state index in [1.165, 1.54) is 38.5 Å². The Bertz CT molecular complexity index is 311. The maximum atomic E-state index is 10.1. The van der Waals surface area contributed by atoms with Crippen LogP contribution in [0.1, 0.15) is 64.2 Å². The van der Waals surface area contributed by atoms with Crippen LogP contribution in [0.4, 0.5) is 0 Å². The average Bonchev–Trinajstić information content (AvgIpc) is 2.53. The van der Waals surface area contributed by atoms with Crippen LogP contribution in [-0.2, 0) is 4.74 Å². The molecular weight excluding hydrogens is 250 g/mol. The third-order valence-corrected chi connectivity index (χ3v) is 4.72. The predicted molar refractivity (Wildman–Crippen MR) is 81.5 cm³/mol. The lowest BCUT2D eigenvalue weighted by atomic mass is 9.85. The second-order valence-electron chi connectivity index (χ2n) is 6.41. The van der Waals surface area contributed by atoms with Gasteiger partial charge in [-0.05, 0) is 38.5 Å². The van der Waals surface area contributed by atoms with Crippen molar-refractivity contribution < 1.29 is 9.84 Å². The number of hydrogen-bond acceptors (Lipinski definition) is 3. The molecule has 1 atom stereocenters. The lowest BCUT2D eigenvalue weighted by molar-refractivity contribution is -0.0635. The van der Waals surface area contributed by atoms with E-state index in [9.17, 15) is 5.11 Å². The molecule has 20 heavy (non-hydrogen) atoms. The number of hydrogen-bond donors (Lipinski definition) is 2. The largest absolute Gasteiger partial charge is 0.389 e. The molecule has 0 aromatic carbocycles. The van der Waals surface area contributed by atoms with Gasteiger partial charge in [-0.25, -0.2) is 0 Å². The minimum absolute atomic E-state index is 0.351. The summed E-state index contributed by atoms with van der Waals surface area (Å²) >= 11 is 0. The molecule has 0 aliphatic heterocycles. The zero-order valence-electron chi connectivity index (χ0n) is 12.6. The Morgan fingerprint density at radius 2 is 1.80 bits per heavy atom. The fourth-order valence-corrected chi connectivity index (χ4v) is 3.38. The smallest absolute Gasteiger partial charge is 0.128 e. The van der Waals surface area contributed by atoms with Gasteiger partial charge < -0.3 is 15.2 Å². The summed E-state index contributed by atoms with van der Waals surface area (Å²) < 4.78 is 5.90. The molecule has 0 aromatic heterocycles. The second-order valence-corrected chi connectivity index (χ2v) is 6.41. The summed E-state index contributed by atoms with van der Waals surface area (Å²) in [7, 11) is 0. The lowest BCUT2D eigenvalue weighted by Crippen LogP contribution is -2.41. The van der Waals surface area contributed by atoms with Gasteiger partial charge >= 0.3 is 0 Å². The van der Waals surface area contributed by atoms with Crippen molar-refractivity contribution >= 4 is 0 Å². The molecule has 3 heteroatoms. The van der Waals surface area contributed by atoms with E-state index in [0.29, 0.717) is 19.2 Å². The molecule has 114 valence electrons. The first-order valence-electron chi connectivity index (χ1n) is 8.27. The van der Waals surface area contributed by atoms with Crippen molar-refractivity contribution in [1.82, 2.24) is 5.32 Å². The highest BCUT2D eigenvalue weighted by Crippen LogP contribution is 2.31. The SMILES string of the molecule is C#CC1(OC[C@H](O)CNC2CCCCC2)CCCCC1. The first kappa shape index (κ1) is 15.8. The van der Waals surface area contributed by atoms with Crippen LogP contribution in [0.5, 0.6) is 0 Å². The van der Waals surface area contributed by atoms with Crippen molar-refractivity contribution in [3.63, 3.8) is 0 Å². The Kier molecular flexibility index (Phi) is 6.35.